The molecular weight excluding hydrogens is 156 g/mol. The molecule has 0 N–H and O–H groups in total. The van der Waals surface area contributed by atoms with Gasteiger partial charge in [0, 0.05) is 12.4 Å². The lowest BCUT2D eigenvalue weighted by atomic mass is 10.2. The number of hydrogen-bond acceptors (Lipinski definition) is 4. The Hall–Kier alpha value is -1.45. The van der Waals surface area contributed by atoms with Crippen LogP contribution in [0.3, 0.4) is 0 Å². The second-order valence-corrected chi connectivity index (χ2v) is 2.21. The molecule has 0 spiro atoms. The molecule has 1 aromatic heterocycles. The molecule has 0 aromatic carbocycles. The summed E-state index contributed by atoms with van der Waals surface area (Å²) in [5, 5.41) is 0. The minimum Gasteiger partial charge on any atom is -0.446 e. The summed E-state index contributed by atoms with van der Waals surface area (Å²) in [6, 6.07) is 1.71. The first-order valence-corrected chi connectivity index (χ1v) is 3.68. The van der Waals surface area contributed by atoms with Gasteiger partial charge in [0.05, 0.1) is 0 Å². The van der Waals surface area contributed by atoms with Gasteiger partial charge >= 0.3 is 6.47 Å². The van der Waals surface area contributed by atoms with Crippen molar-refractivity contribution >= 4 is 6.47 Å². The van der Waals surface area contributed by atoms with Crippen LogP contribution in [0.25, 0.3) is 0 Å². The molecule has 1 unspecified atom stereocenters. The Kier molecular flexibility index (Phi) is 3.19. The molecule has 1 rings (SSSR count). The zero-order chi connectivity index (χ0) is 8.81. The van der Waals surface area contributed by atoms with Crippen molar-refractivity contribution < 1.29 is 9.53 Å². The first-order chi connectivity index (χ1) is 5.88. The van der Waals surface area contributed by atoms with Gasteiger partial charge in [-0.1, -0.05) is 6.92 Å². The van der Waals surface area contributed by atoms with Gasteiger partial charge < -0.3 is 4.74 Å². The van der Waals surface area contributed by atoms with Crippen molar-refractivity contribution in [3.8, 4) is 0 Å². The number of carbonyl (C=O) groups excluding carboxylic acids is 1. The van der Waals surface area contributed by atoms with Crippen molar-refractivity contribution in [1.82, 2.24) is 9.97 Å². The molecule has 0 aliphatic heterocycles. The van der Waals surface area contributed by atoms with E-state index < -0.39 is 0 Å². The van der Waals surface area contributed by atoms with Crippen LogP contribution in [0.5, 0.6) is 0 Å². The highest BCUT2D eigenvalue weighted by molar-refractivity contribution is 5.38. The molecule has 0 aliphatic rings. The van der Waals surface area contributed by atoms with Crippen LogP contribution in [0.15, 0.2) is 18.5 Å². The zero-order valence-electron chi connectivity index (χ0n) is 6.73. The normalized spacial score (nSPS) is 12.1. The highest BCUT2D eigenvalue weighted by Gasteiger charge is 2.11. The fourth-order valence-corrected chi connectivity index (χ4v) is 0.854. The van der Waals surface area contributed by atoms with Crippen LogP contribution in [-0.2, 0) is 9.53 Å². The van der Waals surface area contributed by atoms with Crippen molar-refractivity contribution in [2.45, 2.75) is 19.4 Å². The van der Waals surface area contributed by atoms with Crippen LogP contribution in [0, 0.1) is 0 Å². The van der Waals surface area contributed by atoms with Gasteiger partial charge in [0.2, 0.25) is 0 Å². The fourth-order valence-electron chi connectivity index (χ4n) is 0.854. The molecule has 4 nitrogen and oxygen atoms in total. The summed E-state index contributed by atoms with van der Waals surface area (Å²) in [6.07, 6.45) is 3.50. The summed E-state index contributed by atoms with van der Waals surface area (Å²) in [7, 11) is 0. The molecule has 0 amide bonds. The third-order valence-corrected chi connectivity index (χ3v) is 1.43. The molecule has 1 atom stereocenters. The number of aromatic nitrogens is 2. The molecule has 0 aliphatic carbocycles. The summed E-state index contributed by atoms with van der Waals surface area (Å²) in [4.78, 5) is 17.9. The van der Waals surface area contributed by atoms with Gasteiger partial charge in [-0.05, 0) is 12.5 Å². The van der Waals surface area contributed by atoms with Crippen LogP contribution in [-0.4, -0.2) is 16.4 Å². The third-order valence-electron chi connectivity index (χ3n) is 1.43. The molecule has 63 valence electrons. The Labute approximate surface area is 70.6 Å². The molecule has 4 heteroatoms. The predicted octanol–water partition coefficient (Wildman–Crippen LogP) is 1.01. The van der Waals surface area contributed by atoms with E-state index in [1.54, 1.807) is 18.5 Å². The van der Waals surface area contributed by atoms with Crippen LogP contribution in [0.2, 0.25) is 0 Å². The molecule has 0 fully saturated rings. The standard InChI is InChI=1S/C8H9N2O2/c1-2-7(12-6-11)8-9-4-3-5-10-8/h3-5,7H,2H2,1H3. The molecular formula is C8H9N2O2. The van der Waals surface area contributed by atoms with E-state index in [1.807, 2.05) is 6.92 Å². The average Bonchev–Trinajstić information content (AvgIpc) is 2.15. The van der Waals surface area contributed by atoms with Crippen molar-refractivity contribution in [3.63, 3.8) is 0 Å². The Balaban J connectivity index is 2.72. The second-order valence-electron chi connectivity index (χ2n) is 2.21. The van der Waals surface area contributed by atoms with Gasteiger partial charge in [0.25, 0.3) is 0 Å². The van der Waals surface area contributed by atoms with E-state index in [9.17, 15) is 4.79 Å². The Morgan fingerprint density at radius 1 is 1.58 bits per heavy atom. The van der Waals surface area contributed by atoms with E-state index in [0.29, 0.717) is 12.2 Å². The Morgan fingerprint density at radius 3 is 2.75 bits per heavy atom. The van der Waals surface area contributed by atoms with Crippen molar-refractivity contribution in [3.05, 3.63) is 24.3 Å². The number of hydrogen-bond donors (Lipinski definition) is 0. The second kappa shape index (κ2) is 4.43. The highest BCUT2D eigenvalue weighted by Crippen LogP contribution is 2.14. The minimum absolute atomic E-state index is 0.372. The summed E-state index contributed by atoms with van der Waals surface area (Å²) in [5.74, 6) is 0.517. The molecule has 0 bridgehead atoms. The molecule has 1 heterocycles. The third kappa shape index (κ3) is 2.02. The molecule has 12 heavy (non-hydrogen) atoms. The first-order valence-electron chi connectivity index (χ1n) is 3.68. The van der Waals surface area contributed by atoms with Crippen LogP contribution in [0.4, 0.5) is 0 Å². The number of ether oxygens (including phenoxy) is 1. The SMILES string of the molecule is CCC(O[C]=O)c1ncccn1. The molecule has 0 saturated carbocycles. The summed E-state index contributed by atoms with van der Waals surface area (Å²) >= 11 is 0. The summed E-state index contributed by atoms with van der Waals surface area (Å²) in [5.41, 5.74) is 0. The van der Waals surface area contributed by atoms with E-state index in [-0.39, 0.29) is 6.10 Å². The lowest BCUT2D eigenvalue weighted by molar-refractivity contribution is 0.166. The van der Waals surface area contributed by atoms with E-state index >= 15 is 0 Å². The van der Waals surface area contributed by atoms with E-state index in [2.05, 4.69) is 14.7 Å². The summed E-state index contributed by atoms with van der Waals surface area (Å²) in [6.45, 7) is 3.27. The number of rotatable bonds is 4. The predicted molar refractivity (Wildman–Crippen MR) is 41.8 cm³/mol. The van der Waals surface area contributed by atoms with Crippen LogP contribution >= 0.6 is 0 Å². The number of nitrogens with zero attached hydrogens (tertiary/aromatic N) is 2. The summed E-state index contributed by atoms with van der Waals surface area (Å²) < 4.78 is 4.65. The smallest absolute Gasteiger partial charge is 0.418 e. The minimum atomic E-state index is -0.372. The maximum Gasteiger partial charge on any atom is 0.418 e. The van der Waals surface area contributed by atoms with Gasteiger partial charge in [0.1, 0.15) is 0 Å². The van der Waals surface area contributed by atoms with Gasteiger partial charge in [-0.3, -0.25) is 0 Å². The molecule has 1 aromatic rings. The topological polar surface area (TPSA) is 52.1 Å². The zero-order valence-corrected chi connectivity index (χ0v) is 6.73. The van der Waals surface area contributed by atoms with Gasteiger partial charge in [0.15, 0.2) is 11.9 Å². The van der Waals surface area contributed by atoms with Gasteiger partial charge in [-0.25, -0.2) is 14.8 Å². The van der Waals surface area contributed by atoms with Gasteiger partial charge in [-0.15, -0.1) is 0 Å². The largest absolute Gasteiger partial charge is 0.446 e. The van der Waals surface area contributed by atoms with Crippen molar-refractivity contribution in [2.24, 2.45) is 0 Å². The lowest BCUT2D eigenvalue weighted by Crippen LogP contribution is -2.05. The maximum absolute atomic E-state index is 9.94. The van der Waals surface area contributed by atoms with E-state index in [4.69, 9.17) is 0 Å². The van der Waals surface area contributed by atoms with E-state index in [0.717, 1.165) is 0 Å². The quantitative estimate of drug-likeness (QED) is 0.668. The lowest BCUT2D eigenvalue weighted by Gasteiger charge is -2.08. The van der Waals surface area contributed by atoms with E-state index in [1.165, 1.54) is 6.47 Å². The van der Waals surface area contributed by atoms with Crippen LogP contribution < -0.4 is 0 Å². The molecule has 0 saturated heterocycles. The maximum atomic E-state index is 9.94. The van der Waals surface area contributed by atoms with Gasteiger partial charge in [-0.2, -0.15) is 0 Å². The monoisotopic (exact) mass is 165 g/mol. The van der Waals surface area contributed by atoms with Crippen molar-refractivity contribution in [1.29, 1.82) is 0 Å². The highest BCUT2D eigenvalue weighted by atomic mass is 16.5. The Morgan fingerprint density at radius 2 is 2.25 bits per heavy atom. The average molecular weight is 165 g/mol. The molecule has 1 radical (unpaired) electrons. The Bertz CT molecular complexity index is 238. The van der Waals surface area contributed by atoms with Crippen LogP contribution in [0.1, 0.15) is 25.3 Å². The first kappa shape index (κ1) is 8.64. The van der Waals surface area contributed by atoms with Crippen molar-refractivity contribution in [2.75, 3.05) is 0 Å². The fraction of sp³-hybridized carbons (Fsp3) is 0.375.